The number of fused-ring (bicyclic) bond motifs is 1. The molecule has 3 aliphatic carbocycles. The van der Waals surface area contributed by atoms with Crippen LogP contribution in [0, 0.1) is 23.7 Å². The molecule has 120 valence electrons. The summed E-state index contributed by atoms with van der Waals surface area (Å²) >= 11 is 0. The second-order valence-electron chi connectivity index (χ2n) is 8.28. The van der Waals surface area contributed by atoms with E-state index in [1.165, 1.54) is 70.6 Å². The van der Waals surface area contributed by atoms with Crippen molar-refractivity contribution >= 4 is 0 Å². The van der Waals surface area contributed by atoms with E-state index in [-0.39, 0.29) is 0 Å². The van der Waals surface area contributed by atoms with Crippen LogP contribution in [0.4, 0.5) is 0 Å². The highest BCUT2D eigenvalue weighted by atomic mass is 14.5. The molecule has 0 radical (unpaired) electrons. The number of hydrogen-bond donors (Lipinski definition) is 0. The van der Waals surface area contributed by atoms with Crippen LogP contribution in [-0.4, -0.2) is 0 Å². The van der Waals surface area contributed by atoms with Crippen LogP contribution in [0.3, 0.4) is 0 Å². The van der Waals surface area contributed by atoms with Crippen molar-refractivity contribution in [3.63, 3.8) is 0 Å². The van der Waals surface area contributed by atoms with Gasteiger partial charge in [0.25, 0.3) is 0 Å². The maximum Gasteiger partial charge on any atom is -0.0128 e. The Bertz CT molecular complexity index is 456. The van der Waals surface area contributed by atoms with Crippen LogP contribution in [0.25, 0.3) is 0 Å². The van der Waals surface area contributed by atoms with Crippen LogP contribution in [0.1, 0.15) is 82.1 Å². The predicted octanol–water partition coefficient (Wildman–Crippen LogP) is 6.57. The van der Waals surface area contributed by atoms with Gasteiger partial charge in [-0.25, -0.2) is 0 Å². The van der Waals surface area contributed by atoms with E-state index < -0.39 is 0 Å². The topological polar surface area (TPSA) is 0 Å². The van der Waals surface area contributed by atoms with Crippen molar-refractivity contribution in [3.05, 3.63) is 35.9 Å². The van der Waals surface area contributed by atoms with Gasteiger partial charge in [-0.15, -0.1) is 0 Å². The molecule has 22 heavy (non-hydrogen) atoms. The standard InChI is InChI=1S/C22H32/c1-3-9-17(10-4-1)21-16-15-18-11-7-8-14-20(18)22(21)19-12-5-2-6-13-19/h1,3-4,9-10,18-22H,2,5-8,11-16H2. The second kappa shape index (κ2) is 6.77. The Hall–Kier alpha value is -0.780. The summed E-state index contributed by atoms with van der Waals surface area (Å²) in [6, 6.07) is 11.6. The molecule has 0 aliphatic heterocycles. The first-order chi connectivity index (χ1) is 10.9. The zero-order chi connectivity index (χ0) is 14.8. The molecule has 4 atom stereocenters. The highest BCUT2D eigenvalue weighted by molar-refractivity contribution is 5.22. The molecular weight excluding hydrogens is 264 g/mol. The third-order valence-electron chi connectivity index (χ3n) is 7.20. The number of rotatable bonds is 2. The minimum atomic E-state index is 0.864. The summed E-state index contributed by atoms with van der Waals surface area (Å²) in [5.41, 5.74) is 1.65. The molecule has 4 unspecified atom stereocenters. The summed E-state index contributed by atoms with van der Waals surface area (Å²) in [5.74, 6) is 5.02. The van der Waals surface area contributed by atoms with Crippen LogP contribution in [0.2, 0.25) is 0 Å². The summed E-state index contributed by atoms with van der Waals surface area (Å²) in [6.45, 7) is 0. The van der Waals surface area contributed by atoms with Crippen molar-refractivity contribution in [1.29, 1.82) is 0 Å². The highest BCUT2D eigenvalue weighted by Gasteiger charge is 2.44. The lowest BCUT2D eigenvalue weighted by atomic mass is 9.55. The Morgan fingerprint density at radius 1 is 0.591 bits per heavy atom. The monoisotopic (exact) mass is 296 g/mol. The van der Waals surface area contributed by atoms with Gasteiger partial charge in [0, 0.05) is 0 Å². The summed E-state index contributed by atoms with van der Waals surface area (Å²) in [4.78, 5) is 0. The van der Waals surface area contributed by atoms with Gasteiger partial charge in [0.1, 0.15) is 0 Å². The summed E-state index contributed by atoms with van der Waals surface area (Å²) in [6.07, 6.45) is 16.6. The van der Waals surface area contributed by atoms with Crippen molar-refractivity contribution in [2.45, 2.75) is 76.5 Å². The smallest absolute Gasteiger partial charge is 0.0128 e. The van der Waals surface area contributed by atoms with E-state index in [9.17, 15) is 0 Å². The second-order valence-corrected chi connectivity index (χ2v) is 8.28. The van der Waals surface area contributed by atoms with E-state index in [4.69, 9.17) is 0 Å². The van der Waals surface area contributed by atoms with E-state index in [2.05, 4.69) is 30.3 Å². The molecule has 4 rings (SSSR count). The molecule has 0 heteroatoms. The van der Waals surface area contributed by atoms with E-state index >= 15 is 0 Å². The highest BCUT2D eigenvalue weighted by Crippen LogP contribution is 2.54. The van der Waals surface area contributed by atoms with Crippen molar-refractivity contribution < 1.29 is 0 Å². The summed E-state index contributed by atoms with van der Waals surface area (Å²) in [7, 11) is 0. The molecule has 0 bridgehead atoms. The molecule has 0 heterocycles. The Balaban J connectivity index is 1.63. The van der Waals surface area contributed by atoms with Crippen LogP contribution in [0.5, 0.6) is 0 Å². The first-order valence-electron chi connectivity index (χ1n) is 9.98. The van der Waals surface area contributed by atoms with Gasteiger partial charge in [-0.05, 0) is 54.4 Å². The molecule has 0 spiro atoms. The van der Waals surface area contributed by atoms with Gasteiger partial charge in [0.05, 0.1) is 0 Å². The lowest BCUT2D eigenvalue weighted by Crippen LogP contribution is -2.40. The van der Waals surface area contributed by atoms with Gasteiger partial charge < -0.3 is 0 Å². The minimum Gasteiger partial charge on any atom is -0.0622 e. The van der Waals surface area contributed by atoms with E-state index in [0.717, 1.165) is 29.6 Å². The zero-order valence-electron chi connectivity index (χ0n) is 14.1. The van der Waals surface area contributed by atoms with Gasteiger partial charge in [-0.2, -0.15) is 0 Å². The van der Waals surface area contributed by atoms with Gasteiger partial charge in [0.2, 0.25) is 0 Å². The molecule has 3 fully saturated rings. The largest absolute Gasteiger partial charge is 0.0622 e. The fourth-order valence-electron chi connectivity index (χ4n) is 6.27. The molecule has 0 saturated heterocycles. The summed E-state index contributed by atoms with van der Waals surface area (Å²) < 4.78 is 0. The van der Waals surface area contributed by atoms with Gasteiger partial charge in [-0.3, -0.25) is 0 Å². The molecule has 3 aliphatic rings. The van der Waals surface area contributed by atoms with Crippen LogP contribution >= 0.6 is 0 Å². The average Bonchev–Trinajstić information content (AvgIpc) is 2.62. The van der Waals surface area contributed by atoms with E-state index in [1.807, 2.05) is 0 Å². The van der Waals surface area contributed by atoms with E-state index in [0.29, 0.717) is 0 Å². The molecule has 0 N–H and O–H groups in total. The van der Waals surface area contributed by atoms with Gasteiger partial charge >= 0.3 is 0 Å². The van der Waals surface area contributed by atoms with Crippen LogP contribution in [0.15, 0.2) is 30.3 Å². The third kappa shape index (κ3) is 2.86. The first-order valence-corrected chi connectivity index (χ1v) is 9.98. The minimum absolute atomic E-state index is 0.864. The van der Waals surface area contributed by atoms with Crippen molar-refractivity contribution in [1.82, 2.24) is 0 Å². The molecule has 0 nitrogen and oxygen atoms in total. The Labute approximate surface area is 136 Å². The molecule has 1 aromatic rings. The Morgan fingerprint density at radius 3 is 2.09 bits per heavy atom. The third-order valence-corrected chi connectivity index (χ3v) is 7.20. The van der Waals surface area contributed by atoms with Crippen molar-refractivity contribution in [3.8, 4) is 0 Å². The average molecular weight is 296 g/mol. The molecular formula is C22H32. The lowest BCUT2D eigenvalue weighted by Gasteiger charge is -2.50. The number of benzene rings is 1. The molecule has 1 aromatic carbocycles. The van der Waals surface area contributed by atoms with Gasteiger partial charge in [0.15, 0.2) is 0 Å². The Kier molecular flexibility index (Phi) is 4.55. The van der Waals surface area contributed by atoms with Crippen LogP contribution < -0.4 is 0 Å². The maximum absolute atomic E-state index is 2.42. The summed E-state index contributed by atoms with van der Waals surface area (Å²) in [5, 5.41) is 0. The normalized spacial score (nSPS) is 36.7. The molecule has 0 amide bonds. The van der Waals surface area contributed by atoms with Gasteiger partial charge in [-0.1, -0.05) is 81.7 Å². The van der Waals surface area contributed by atoms with Crippen LogP contribution in [-0.2, 0) is 0 Å². The fraction of sp³-hybridized carbons (Fsp3) is 0.727. The maximum atomic E-state index is 2.42. The van der Waals surface area contributed by atoms with Crippen molar-refractivity contribution in [2.24, 2.45) is 23.7 Å². The molecule has 0 aromatic heterocycles. The van der Waals surface area contributed by atoms with Crippen molar-refractivity contribution in [2.75, 3.05) is 0 Å². The fourth-order valence-corrected chi connectivity index (χ4v) is 6.27. The number of hydrogen-bond acceptors (Lipinski definition) is 0. The Morgan fingerprint density at radius 2 is 1.27 bits per heavy atom. The predicted molar refractivity (Wildman–Crippen MR) is 93.9 cm³/mol. The lowest BCUT2D eigenvalue weighted by molar-refractivity contribution is 0.0320. The van der Waals surface area contributed by atoms with E-state index in [1.54, 1.807) is 5.56 Å². The molecule has 3 saturated carbocycles. The quantitative estimate of drug-likeness (QED) is 0.579. The zero-order valence-corrected chi connectivity index (χ0v) is 14.1. The SMILES string of the molecule is c1ccc(C2CCC3CCCCC3C2C2CCCCC2)cc1. The first kappa shape index (κ1) is 14.8.